The molecular formula is C4H7N3. The Hall–Kier alpha value is -0.860. The largest absolute Gasteiger partial charge is 0.359 e. The van der Waals surface area contributed by atoms with Gasteiger partial charge in [-0.1, -0.05) is 0 Å². The highest BCUT2D eigenvalue weighted by atomic mass is 15.3. The van der Waals surface area contributed by atoms with Crippen molar-refractivity contribution in [1.29, 1.82) is 0 Å². The van der Waals surface area contributed by atoms with Gasteiger partial charge in [-0.15, -0.1) is 5.10 Å². The lowest BCUT2D eigenvalue weighted by atomic mass is 10.6. The fourth-order valence-electron chi connectivity index (χ4n) is 0.378. The minimum atomic E-state index is 0.878. The molecule has 1 rings (SSSR count). The predicted molar refractivity (Wildman–Crippen MR) is 29.6 cm³/mol. The van der Waals surface area contributed by atoms with Crippen molar-refractivity contribution in [3.05, 3.63) is 0 Å². The van der Waals surface area contributed by atoms with Crippen LogP contribution in [0.25, 0.3) is 0 Å². The van der Waals surface area contributed by atoms with E-state index < -0.39 is 0 Å². The van der Waals surface area contributed by atoms with E-state index in [9.17, 15) is 0 Å². The van der Waals surface area contributed by atoms with E-state index in [0.717, 1.165) is 6.54 Å². The molecule has 0 saturated heterocycles. The molecule has 1 aliphatic heterocycles. The van der Waals surface area contributed by atoms with E-state index in [1.807, 2.05) is 11.9 Å². The van der Waals surface area contributed by atoms with E-state index in [1.165, 1.54) is 0 Å². The minimum absolute atomic E-state index is 0.878. The third-order valence-electron chi connectivity index (χ3n) is 0.767. The van der Waals surface area contributed by atoms with Gasteiger partial charge >= 0.3 is 0 Å². The second kappa shape index (κ2) is 1.73. The molecule has 0 fully saturated rings. The second-order valence-electron chi connectivity index (χ2n) is 1.47. The Labute approximate surface area is 42.3 Å². The Morgan fingerprint density at radius 3 is 2.71 bits per heavy atom. The van der Waals surface area contributed by atoms with Gasteiger partial charge in [-0.25, -0.2) is 0 Å². The molecule has 0 aliphatic carbocycles. The van der Waals surface area contributed by atoms with Crippen molar-refractivity contribution in [2.45, 2.75) is 0 Å². The number of hydrogen-bond donors (Lipinski definition) is 0. The van der Waals surface area contributed by atoms with Crippen LogP contribution in [-0.2, 0) is 0 Å². The van der Waals surface area contributed by atoms with Crippen LogP contribution in [0.5, 0.6) is 0 Å². The van der Waals surface area contributed by atoms with Gasteiger partial charge in [0.2, 0.25) is 0 Å². The fourth-order valence-corrected chi connectivity index (χ4v) is 0.378. The van der Waals surface area contributed by atoms with Gasteiger partial charge in [-0.3, -0.25) is 0 Å². The van der Waals surface area contributed by atoms with Gasteiger partial charge in [0.15, 0.2) is 0 Å². The maximum absolute atomic E-state index is 3.63. The Kier molecular flexibility index (Phi) is 1.06. The molecule has 3 heteroatoms. The predicted octanol–water partition coefficient (Wildman–Crippen LogP) is -0.0541. The van der Waals surface area contributed by atoms with Crippen molar-refractivity contribution in [3.63, 3.8) is 0 Å². The minimum Gasteiger partial charge on any atom is -0.359 e. The molecule has 0 radical (unpaired) electrons. The topological polar surface area (TPSA) is 28.0 Å². The highest BCUT2D eigenvalue weighted by Crippen LogP contribution is 1.80. The van der Waals surface area contributed by atoms with Gasteiger partial charge in [-0.05, 0) is 0 Å². The van der Waals surface area contributed by atoms with Crippen molar-refractivity contribution >= 4 is 12.6 Å². The lowest BCUT2D eigenvalue weighted by molar-refractivity contribution is 0.592. The molecule has 0 atom stereocenters. The third kappa shape index (κ3) is 0.994. The molecule has 0 bridgehead atoms. The molecule has 7 heavy (non-hydrogen) atoms. The van der Waals surface area contributed by atoms with Gasteiger partial charge in [0.1, 0.15) is 6.34 Å². The molecule has 3 nitrogen and oxygen atoms in total. The van der Waals surface area contributed by atoms with Gasteiger partial charge in [0.25, 0.3) is 0 Å². The summed E-state index contributed by atoms with van der Waals surface area (Å²) in [6.07, 6.45) is 3.46. The van der Waals surface area contributed by atoms with Crippen LogP contribution >= 0.6 is 0 Å². The lowest BCUT2D eigenvalue weighted by Gasteiger charge is -2.09. The summed E-state index contributed by atoms with van der Waals surface area (Å²) >= 11 is 0. The van der Waals surface area contributed by atoms with Crippen LogP contribution in [0.3, 0.4) is 0 Å². The normalized spacial score (nSPS) is 18.1. The Morgan fingerprint density at radius 2 is 2.43 bits per heavy atom. The van der Waals surface area contributed by atoms with E-state index in [-0.39, 0.29) is 0 Å². The Bertz CT molecular complexity index is 106. The van der Waals surface area contributed by atoms with E-state index >= 15 is 0 Å². The zero-order valence-electron chi connectivity index (χ0n) is 4.20. The first-order valence-electron chi connectivity index (χ1n) is 2.15. The summed E-state index contributed by atoms with van der Waals surface area (Å²) in [7, 11) is 1.95. The monoisotopic (exact) mass is 97.1 g/mol. The van der Waals surface area contributed by atoms with Gasteiger partial charge < -0.3 is 4.90 Å². The standard InChI is InChI=1S/C4H7N3/c1-7-3-2-5-6-4-7/h2,4H,3H2,1H3. The number of rotatable bonds is 0. The van der Waals surface area contributed by atoms with Crippen molar-refractivity contribution in [3.8, 4) is 0 Å². The highest BCUT2D eigenvalue weighted by molar-refractivity contribution is 5.69. The maximum Gasteiger partial charge on any atom is 0.114 e. The molecule has 0 saturated carbocycles. The highest BCUT2D eigenvalue weighted by Gasteiger charge is 1.88. The van der Waals surface area contributed by atoms with E-state index in [0.29, 0.717) is 0 Å². The molecule has 1 aliphatic rings. The summed E-state index contributed by atoms with van der Waals surface area (Å²) in [5.41, 5.74) is 0. The maximum atomic E-state index is 3.63. The third-order valence-corrected chi connectivity index (χ3v) is 0.767. The van der Waals surface area contributed by atoms with Crippen LogP contribution in [0, 0.1) is 0 Å². The van der Waals surface area contributed by atoms with E-state index in [1.54, 1.807) is 12.6 Å². The molecule has 0 aromatic carbocycles. The smallest absolute Gasteiger partial charge is 0.114 e. The first kappa shape index (κ1) is 4.30. The van der Waals surface area contributed by atoms with Crippen molar-refractivity contribution in [2.24, 2.45) is 10.2 Å². The Balaban J connectivity index is 2.49. The average Bonchev–Trinajstić information content (AvgIpc) is 1.69. The molecule has 1 heterocycles. The SMILES string of the molecule is CN1C=NN=CC1. The second-order valence-corrected chi connectivity index (χ2v) is 1.47. The summed E-state index contributed by atoms with van der Waals surface area (Å²) in [6.45, 7) is 0.878. The first-order valence-corrected chi connectivity index (χ1v) is 2.15. The van der Waals surface area contributed by atoms with Crippen LogP contribution in [0.1, 0.15) is 0 Å². The van der Waals surface area contributed by atoms with E-state index in [4.69, 9.17) is 0 Å². The first-order chi connectivity index (χ1) is 3.39. The summed E-state index contributed by atoms with van der Waals surface area (Å²) < 4.78 is 0. The number of hydrogen-bond acceptors (Lipinski definition) is 3. The summed E-state index contributed by atoms with van der Waals surface area (Å²) in [5, 5.41) is 7.26. The van der Waals surface area contributed by atoms with E-state index in [2.05, 4.69) is 10.2 Å². The Morgan fingerprint density at radius 1 is 1.57 bits per heavy atom. The quantitative estimate of drug-likeness (QED) is 0.416. The molecular weight excluding hydrogens is 90.1 g/mol. The van der Waals surface area contributed by atoms with Crippen LogP contribution in [-0.4, -0.2) is 31.0 Å². The van der Waals surface area contributed by atoms with Gasteiger partial charge in [0.05, 0.1) is 6.54 Å². The molecule has 0 aromatic heterocycles. The molecule has 0 N–H and O–H groups in total. The van der Waals surface area contributed by atoms with Crippen LogP contribution < -0.4 is 0 Å². The fraction of sp³-hybridized carbons (Fsp3) is 0.500. The molecule has 0 aromatic rings. The van der Waals surface area contributed by atoms with Crippen molar-refractivity contribution < 1.29 is 0 Å². The molecule has 0 amide bonds. The van der Waals surface area contributed by atoms with Crippen molar-refractivity contribution in [2.75, 3.05) is 13.6 Å². The van der Waals surface area contributed by atoms with Crippen LogP contribution in [0.2, 0.25) is 0 Å². The number of nitrogens with zero attached hydrogens (tertiary/aromatic N) is 3. The van der Waals surface area contributed by atoms with Crippen molar-refractivity contribution in [1.82, 2.24) is 4.90 Å². The summed E-state index contributed by atoms with van der Waals surface area (Å²) in [5.74, 6) is 0. The molecule has 38 valence electrons. The zero-order chi connectivity index (χ0) is 5.11. The molecule has 0 unspecified atom stereocenters. The average molecular weight is 97.1 g/mol. The summed E-state index contributed by atoms with van der Waals surface area (Å²) in [6, 6.07) is 0. The molecule has 0 spiro atoms. The van der Waals surface area contributed by atoms with Gasteiger partial charge in [0, 0.05) is 13.3 Å². The summed E-state index contributed by atoms with van der Waals surface area (Å²) in [4.78, 5) is 1.95. The van der Waals surface area contributed by atoms with Crippen LogP contribution in [0.15, 0.2) is 10.2 Å². The zero-order valence-corrected chi connectivity index (χ0v) is 4.20. The van der Waals surface area contributed by atoms with Gasteiger partial charge in [-0.2, -0.15) is 5.10 Å². The lowest BCUT2D eigenvalue weighted by Crippen LogP contribution is -2.20. The van der Waals surface area contributed by atoms with Crippen LogP contribution in [0.4, 0.5) is 0 Å².